The summed E-state index contributed by atoms with van der Waals surface area (Å²) in [5.74, 6) is 1.09. The molecule has 0 aliphatic carbocycles. The number of halogens is 1. The van der Waals surface area contributed by atoms with Crippen molar-refractivity contribution in [3.8, 4) is 5.75 Å². The van der Waals surface area contributed by atoms with Gasteiger partial charge in [0.05, 0.1) is 34.3 Å². The van der Waals surface area contributed by atoms with E-state index in [0.29, 0.717) is 35.7 Å². The third kappa shape index (κ3) is 6.48. The van der Waals surface area contributed by atoms with Crippen LogP contribution in [-0.2, 0) is 16.4 Å². The summed E-state index contributed by atoms with van der Waals surface area (Å²) in [6.45, 7) is 8.21. The quantitative estimate of drug-likeness (QED) is 0.300. The average Bonchev–Trinajstić information content (AvgIpc) is 3.26. The molecule has 0 spiro atoms. The fourth-order valence-corrected chi connectivity index (χ4v) is 7.03. The lowest BCUT2D eigenvalue weighted by Crippen LogP contribution is -2.43. The molecule has 2 aromatic carbocycles. The van der Waals surface area contributed by atoms with Gasteiger partial charge in [-0.2, -0.15) is 4.98 Å². The van der Waals surface area contributed by atoms with Gasteiger partial charge >= 0.3 is 0 Å². The zero-order valence-electron chi connectivity index (χ0n) is 24.4. The summed E-state index contributed by atoms with van der Waals surface area (Å²) >= 11 is 6.43. The van der Waals surface area contributed by atoms with Gasteiger partial charge in [-0.05, 0) is 83.1 Å². The van der Waals surface area contributed by atoms with Crippen LogP contribution in [0.25, 0.3) is 0 Å². The summed E-state index contributed by atoms with van der Waals surface area (Å²) in [4.78, 5) is 26.8. The summed E-state index contributed by atoms with van der Waals surface area (Å²) in [5, 5.41) is 6.50. The molecule has 1 aromatic heterocycles. The number of likely N-dealkylation sites (tertiary alicyclic amines) is 1. The molecule has 5 rings (SSSR count). The number of carbonyl (C=O) groups excluding carboxylic acids is 1. The van der Waals surface area contributed by atoms with Crippen LogP contribution in [0.15, 0.2) is 47.5 Å². The van der Waals surface area contributed by atoms with Gasteiger partial charge in [-0.3, -0.25) is 4.79 Å². The summed E-state index contributed by atoms with van der Waals surface area (Å²) < 4.78 is 31.8. The van der Waals surface area contributed by atoms with Crippen molar-refractivity contribution in [1.82, 2.24) is 19.8 Å². The molecule has 3 aromatic rings. The highest BCUT2D eigenvalue weighted by Gasteiger charge is 2.35. The Hall–Kier alpha value is -3.41. The van der Waals surface area contributed by atoms with E-state index in [4.69, 9.17) is 16.3 Å². The zero-order valence-corrected chi connectivity index (χ0v) is 25.9. The summed E-state index contributed by atoms with van der Waals surface area (Å²) in [5.41, 5.74) is 2.50. The van der Waals surface area contributed by atoms with E-state index in [1.807, 2.05) is 37.8 Å². The molecule has 1 saturated heterocycles. The van der Waals surface area contributed by atoms with Crippen LogP contribution in [0.5, 0.6) is 5.75 Å². The zero-order chi connectivity index (χ0) is 30.0. The predicted molar refractivity (Wildman–Crippen MR) is 165 cm³/mol. The Morgan fingerprint density at radius 3 is 2.57 bits per heavy atom. The summed E-state index contributed by atoms with van der Waals surface area (Å²) in [6, 6.07) is 10.6. The number of para-hydroxylation sites is 1. The van der Waals surface area contributed by atoms with Crippen LogP contribution in [0.1, 0.15) is 56.0 Å². The second-order valence-corrected chi connectivity index (χ2v) is 13.6. The first kappa shape index (κ1) is 30.1. The van der Waals surface area contributed by atoms with Crippen LogP contribution in [0, 0.1) is 0 Å². The summed E-state index contributed by atoms with van der Waals surface area (Å²) in [7, 11) is -1.39. The number of sulfone groups is 1. The Morgan fingerprint density at radius 2 is 1.86 bits per heavy atom. The first-order chi connectivity index (χ1) is 20.1. The van der Waals surface area contributed by atoms with Crippen LogP contribution in [0.3, 0.4) is 0 Å². The van der Waals surface area contributed by atoms with Crippen molar-refractivity contribution in [2.24, 2.45) is 0 Å². The SMILES string of the molecule is CCCS(=O)(=O)c1ccccc1Nc1nc(Nc2cc3c(cc2OC(C)C)CN(C2CCN(C)CC2)C3=O)ncc1Cl. The molecule has 0 bridgehead atoms. The Bertz CT molecular complexity index is 1570. The number of piperidine rings is 1. The van der Waals surface area contributed by atoms with Crippen LogP contribution >= 0.6 is 11.6 Å². The van der Waals surface area contributed by atoms with Crippen LogP contribution in [0.4, 0.5) is 23.1 Å². The van der Waals surface area contributed by atoms with Gasteiger partial charge in [-0.25, -0.2) is 13.4 Å². The van der Waals surface area contributed by atoms with E-state index < -0.39 is 9.84 Å². The number of hydrogen-bond donors (Lipinski definition) is 2. The van der Waals surface area contributed by atoms with Crippen LogP contribution in [-0.4, -0.2) is 72.1 Å². The highest BCUT2D eigenvalue weighted by molar-refractivity contribution is 7.91. The number of hydrogen-bond acceptors (Lipinski definition) is 9. The molecular formula is C30H37ClN6O4S. The van der Waals surface area contributed by atoms with E-state index in [0.717, 1.165) is 31.5 Å². The number of nitrogens with one attached hydrogen (secondary N) is 2. The Kier molecular flexibility index (Phi) is 8.91. The van der Waals surface area contributed by atoms with Crippen molar-refractivity contribution < 1.29 is 17.9 Å². The molecule has 42 heavy (non-hydrogen) atoms. The van der Waals surface area contributed by atoms with E-state index in [9.17, 15) is 13.2 Å². The Balaban J connectivity index is 1.43. The molecule has 1 amide bonds. The maximum atomic E-state index is 13.5. The fraction of sp³-hybridized carbons (Fsp3) is 0.433. The van der Waals surface area contributed by atoms with Gasteiger partial charge in [0.1, 0.15) is 10.8 Å². The Labute approximate surface area is 252 Å². The van der Waals surface area contributed by atoms with Gasteiger partial charge in [-0.1, -0.05) is 30.7 Å². The van der Waals surface area contributed by atoms with Gasteiger partial charge in [0.2, 0.25) is 5.95 Å². The second kappa shape index (κ2) is 12.4. The minimum Gasteiger partial charge on any atom is -0.489 e. The summed E-state index contributed by atoms with van der Waals surface area (Å²) in [6.07, 6.45) is 3.74. The van der Waals surface area contributed by atoms with Crippen LogP contribution in [0.2, 0.25) is 5.02 Å². The van der Waals surface area contributed by atoms with Gasteiger partial charge in [0.25, 0.3) is 5.91 Å². The number of carbonyl (C=O) groups is 1. The van der Waals surface area contributed by atoms with Gasteiger partial charge < -0.3 is 25.2 Å². The van der Waals surface area contributed by atoms with E-state index in [1.165, 1.54) is 6.20 Å². The van der Waals surface area contributed by atoms with Gasteiger partial charge in [0, 0.05) is 18.2 Å². The highest BCUT2D eigenvalue weighted by Crippen LogP contribution is 2.38. The number of benzene rings is 2. The largest absolute Gasteiger partial charge is 0.489 e. The molecule has 0 saturated carbocycles. The van der Waals surface area contributed by atoms with Crippen molar-refractivity contribution >= 4 is 50.5 Å². The number of rotatable bonds is 10. The maximum absolute atomic E-state index is 13.5. The second-order valence-electron chi connectivity index (χ2n) is 11.1. The minimum atomic E-state index is -3.50. The van der Waals surface area contributed by atoms with Crippen molar-refractivity contribution in [2.45, 2.75) is 63.6 Å². The van der Waals surface area contributed by atoms with Crippen molar-refractivity contribution in [3.63, 3.8) is 0 Å². The molecule has 2 aliphatic rings. The monoisotopic (exact) mass is 612 g/mol. The smallest absolute Gasteiger partial charge is 0.254 e. The standard InChI is InChI=1S/C30H37ClN6O4S/c1-5-14-42(39,40)27-9-7-6-8-24(27)33-28-23(31)17-32-30(35-28)34-25-16-22-20(15-26(25)41-19(2)3)18-37(29(22)38)21-10-12-36(4)13-11-21/h6-9,15-17,19,21H,5,10-14,18H2,1-4H3,(H2,32,33,34,35). The predicted octanol–water partition coefficient (Wildman–Crippen LogP) is 5.64. The third-order valence-electron chi connectivity index (χ3n) is 7.47. The first-order valence-corrected chi connectivity index (χ1v) is 16.3. The molecular weight excluding hydrogens is 576 g/mol. The molecule has 12 heteroatoms. The number of amides is 1. The topological polar surface area (TPSA) is 117 Å². The number of nitrogens with zero attached hydrogens (tertiary/aromatic N) is 4. The molecule has 1 fully saturated rings. The van der Waals surface area contributed by atoms with E-state index in [2.05, 4.69) is 32.5 Å². The third-order valence-corrected chi connectivity index (χ3v) is 9.72. The highest BCUT2D eigenvalue weighted by atomic mass is 35.5. The lowest BCUT2D eigenvalue weighted by Gasteiger charge is -2.34. The average molecular weight is 613 g/mol. The van der Waals surface area contributed by atoms with E-state index in [-0.39, 0.29) is 45.5 Å². The fourth-order valence-electron chi connectivity index (χ4n) is 5.40. The first-order valence-electron chi connectivity index (χ1n) is 14.3. The Morgan fingerprint density at radius 1 is 1.12 bits per heavy atom. The number of fused-ring (bicyclic) bond motifs is 1. The molecule has 0 radical (unpaired) electrons. The molecule has 0 unspecified atom stereocenters. The van der Waals surface area contributed by atoms with Crippen molar-refractivity contribution in [1.29, 1.82) is 0 Å². The van der Waals surface area contributed by atoms with Crippen LogP contribution < -0.4 is 15.4 Å². The normalized spacial score (nSPS) is 16.1. The van der Waals surface area contributed by atoms with E-state index >= 15 is 0 Å². The number of aromatic nitrogens is 2. The molecule has 3 heterocycles. The molecule has 224 valence electrons. The molecule has 2 N–H and O–H groups in total. The molecule has 0 atom stereocenters. The number of anilines is 4. The van der Waals surface area contributed by atoms with E-state index in [1.54, 1.807) is 24.3 Å². The van der Waals surface area contributed by atoms with Crippen molar-refractivity contribution in [3.05, 3.63) is 58.7 Å². The number of ether oxygens (including phenoxy) is 1. The van der Waals surface area contributed by atoms with Crippen molar-refractivity contribution in [2.75, 3.05) is 36.5 Å². The molecule has 10 nitrogen and oxygen atoms in total. The lowest BCUT2D eigenvalue weighted by molar-refractivity contribution is 0.0617. The maximum Gasteiger partial charge on any atom is 0.254 e. The van der Waals surface area contributed by atoms with Gasteiger partial charge in [-0.15, -0.1) is 0 Å². The molecule has 2 aliphatic heterocycles. The lowest BCUT2D eigenvalue weighted by atomic mass is 10.0. The van der Waals surface area contributed by atoms with Gasteiger partial charge in [0.15, 0.2) is 15.7 Å². The minimum absolute atomic E-state index is 0.0166.